The van der Waals surface area contributed by atoms with E-state index < -0.39 is 0 Å². The van der Waals surface area contributed by atoms with Gasteiger partial charge in [0.15, 0.2) is 0 Å². The van der Waals surface area contributed by atoms with E-state index >= 15 is 0 Å². The molecule has 58 valence electrons. The lowest BCUT2D eigenvalue weighted by molar-refractivity contribution is -0.0105. The fourth-order valence-electron chi connectivity index (χ4n) is 1.57. The van der Waals surface area contributed by atoms with Gasteiger partial charge in [-0.15, -0.1) is 0 Å². The Morgan fingerprint density at radius 2 is 2.40 bits per heavy atom. The van der Waals surface area contributed by atoms with Crippen LogP contribution < -0.4 is 5.32 Å². The zero-order valence-electron chi connectivity index (χ0n) is 5.79. The first-order valence-electron chi connectivity index (χ1n) is 3.66. The van der Waals surface area contributed by atoms with Gasteiger partial charge in [-0.25, -0.2) is 4.31 Å². The normalized spacial score (nSPS) is 41.7. The summed E-state index contributed by atoms with van der Waals surface area (Å²) in [4.78, 5) is 0. The molecule has 0 spiro atoms. The van der Waals surface area contributed by atoms with Crippen LogP contribution in [0.1, 0.15) is 0 Å². The quantitative estimate of drug-likeness (QED) is 0.467. The van der Waals surface area contributed by atoms with Gasteiger partial charge in [-0.1, -0.05) is 12.8 Å². The highest BCUT2D eigenvalue weighted by Gasteiger charge is 2.34. The molecule has 4 heteroatoms. The standard InChI is InChI=1S/C6H12N2OS/c10-8-1-2-9-6-4-7-3-5(6)8/h5-7,10H,1-4H2. The number of fused-ring (bicyclic) bond motifs is 1. The van der Waals surface area contributed by atoms with Crippen molar-refractivity contribution in [3.05, 3.63) is 0 Å². The van der Waals surface area contributed by atoms with Crippen molar-refractivity contribution in [2.75, 3.05) is 26.2 Å². The zero-order chi connectivity index (χ0) is 6.97. The van der Waals surface area contributed by atoms with Gasteiger partial charge in [0, 0.05) is 19.6 Å². The molecule has 10 heavy (non-hydrogen) atoms. The van der Waals surface area contributed by atoms with Crippen LogP contribution in [-0.4, -0.2) is 42.7 Å². The zero-order valence-corrected chi connectivity index (χ0v) is 6.68. The maximum Gasteiger partial charge on any atom is 0.0876 e. The van der Waals surface area contributed by atoms with Crippen LogP contribution in [0.25, 0.3) is 0 Å². The van der Waals surface area contributed by atoms with Crippen molar-refractivity contribution < 1.29 is 4.74 Å². The summed E-state index contributed by atoms with van der Waals surface area (Å²) in [5.41, 5.74) is 0. The summed E-state index contributed by atoms with van der Waals surface area (Å²) < 4.78 is 7.60. The Morgan fingerprint density at radius 3 is 3.20 bits per heavy atom. The van der Waals surface area contributed by atoms with Crippen LogP contribution in [0.3, 0.4) is 0 Å². The second kappa shape index (κ2) is 2.70. The van der Waals surface area contributed by atoms with Gasteiger partial charge in [-0.05, 0) is 0 Å². The largest absolute Gasteiger partial charge is 0.374 e. The molecule has 0 aliphatic carbocycles. The van der Waals surface area contributed by atoms with Crippen LogP contribution in [0.15, 0.2) is 0 Å². The summed E-state index contributed by atoms with van der Waals surface area (Å²) in [6.07, 6.45) is 0.381. The van der Waals surface area contributed by atoms with E-state index in [0.717, 1.165) is 26.2 Å². The van der Waals surface area contributed by atoms with Gasteiger partial charge in [0.1, 0.15) is 0 Å². The monoisotopic (exact) mass is 160 g/mol. The third-order valence-corrected chi connectivity index (χ3v) is 2.66. The van der Waals surface area contributed by atoms with E-state index in [1.165, 1.54) is 0 Å². The molecule has 0 aromatic carbocycles. The van der Waals surface area contributed by atoms with Crippen LogP contribution in [0.2, 0.25) is 0 Å². The molecule has 0 aromatic heterocycles. The molecule has 0 aromatic rings. The Morgan fingerprint density at radius 1 is 1.50 bits per heavy atom. The highest BCUT2D eigenvalue weighted by Crippen LogP contribution is 2.18. The molecule has 2 rings (SSSR count). The average Bonchev–Trinajstić information content (AvgIpc) is 2.36. The van der Waals surface area contributed by atoms with E-state index in [-0.39, 0.29) is 0 Å². The van der Waals surface area contributed by atoms with Crippen LogP contribution in [0.4, 0.5) is 0 Å². The van der Waals surface area contributed by atoms with E-state index in [1.54, 1.807) is 0 Å². The number of morpholine rings is 1. The number of nitrogens with zero attached hydrogens (tertiary/aromatic N) is 1. The molecule has 2 atom stereocenters. The number of hydrogen-bond acceptors (Lipinski definition) is 4. The molecule has 2 aliphatic heterocycles. The van der Waals surface area contributed by atoms with Crippen LogP contribution in [0.5, 0.6) is 0 Å². The molecule has 2 aliphatic rings. The summed E-state index contributed by atoms with van der Waals surface area (Å²) in [6.45, 7) is 3.79. The minimum absolute atomic E-state index is 0.381. The molecule has 2 unspecified atom stereocenters. The molecule has 3 nitrogen and oxygen atoms in total. The van der Waals surface area contributed by atoms with E-state index in [4.69, 9.17) is 4.74 Å². The predicted octanol–water partition coefficient (Wildman–Crippen LogP) is -0.496. The van der Waals surface area contributed by atoms with Crippen LogP contribution in [0, 0.1) is 0 Å². The third-order valence-electron chi connectivity index (χ3n) is 2.16. The Kier molecular flexibility index (Phi) is 1.86. The molecule has 2 saturated heterocycles. The smallest absolute Gasteiger partial charge is 0.0876 e. The summed E-state index contributed by atoms with van der Waals surface area (Å²) in [6, 6.07) is 0.497. The maximum absolute atomic E-state index is 5.52. The lowest BCUT2D eigenvalue weighted by atomic mass is 10.2. The Bertz CT molecular complexity index is 133. The van der Waals surface area contributed by atoms with Gasteiger partial charge < -0.3 is 10.1 Å². The Labute approximate surface area is 66.3 Å². The second-order valence-electron chi connectivity index (χ2n) is 2.80. The number of ether oxygens (including phenoxy) is 1. The first-order valence-corrected chi connectivity index (χ1v) is 4.06. The fourth-order valence-corrected chi connectivity index (χ4v) is 1.88. The van der Waals surface area contributed by atoms with E-state index in [1.807, 2.05) is 0 Å². The summed E-state index contributed by atoms with van der Waals surface area (Å²) in [5, 5.41) is 3.28. The van der Waals surface area contributed by atoms with Crippen molar-refractivity contribution in [3.8, 4) is 0 Å². The molecule has 0 radical (unpaired) electrons. The summed E-state index contributed by atoms with van der Waals surface area (Å²) in [5.74, 6) is 0. The molecule has 1 N–H and O–H groups in total. The number of rotatable bonds is 0. The minimum atomic E-state index is 0.381. The van der Waals surface area contributed by atoms with Crippen molar-refractivity contribution in [1.29, 1.82) is 0 Å². The average molecular weight is 160 g/mol. The van der Waals surface area contributed by atoms with Crippen molar-refractivity contribution in [3.63, 3.8) is 0 Å². The first-order chi connectivity index (χ1) is 4.88. The van der Waals surface area contributed by atoms with E-state index in [9.17, 15) is 0 Å². The molecule has 0 amide bonds. The molecule has 2 heterocycles. The maximum atomic E-state index is 5.52. The Balaban J connectivity index is 2.03. The van der Waals surface area contributed by atoms with Gasteiger partial charge in [-0.3, -0.25) is 0 Å². The SMILES string of the molecule is SN1CCOC2CNCC21. The molecule has 0 saturated carbocycles. The highest BCUT2D eigenvalue weighted by atomic mass is 32.1. The fraction of sp³-hybridized carbons (Fsp3) is 1.00. The predicted molar refractivity (Wildman–Crippen MR) is 42.1 cm³/mol. The van der Waals surface area contributed by atoms with Crippen molar-refractivity contribution in [1.82, 2.24) is 9.62 Å². The second-order valence-corrected chi connectivity index (χ2v) is 3.31. The van der Waals surface area contributed by atoms with Crippen molar-refractivity contribution >= 4 is 12.8 Å². The Hall–Kier alpha value is 0.230. The lowest BCUT2D eigenvalue weighted by Crippen LogP contribution is -2.45. The molecular weight excluding hydrogens is 148 g/mol. The summed E-state index contributed by atoms with van der Waals surface area (Å²) >= 11 is 4.35. The molecular formula is C6H12N2OS. The highest BCUT2D eigenvalue weighted by molar-refractivity contribution is 7.77. The van der Waals surface area contributed by atoms with Gasteiger partial charge in [0.25, 0.3) is 0 Å². The van der Waals surface area contributed by atoms with E-state index in [2.05, 4.69) is 22.4 Å². The molecule has 2 fully saturated rings. The number of hydrogen-bond donors (Lipinski definition) is 2. The topological polar surface area (TPSA) is 24.5 Å². The van der Waals surface area contributed by atoms with Crippen molar-refractivity contribution in [2.45, 2.75) is 12.1 Å². The summed E-state index contributed by atoms with van der Waals surface area (Å²) in [7, 11) is 0. The van der Waals surface area contributed by atoms with Gasteiger partial charge in [0.05, 0.1) is 18.8 Å². The lowest BCUT2D eigenvalue weighted by Gasteiger charge is -2.32. The number of thiol groups is 1. The first kappa shape index (κ1) is 6.91. The van der Waals surface area contributed by atoms with Crippen LogP contribution in [-0.2, 0) is 4.74 Å². The van der Waals surface area contributed by atoms with E-state index in [0.29, 0.717) is 12.1 Å². The van der Waals surface area contributed by atoms with Gasteiger partial charge in [0.2, 0.25) is 0 Å². The van der Waals surface area contributed by atoms with Crippen LogP contribution >= 0.6 is 12.8 Å². The minimum Gasteiger partial charge on any atom is -0.374 e. The van der Waals surface area contributed by atoms with Gasteiger partial charge in [-0.2, -0.15) is 0 Å². The van der Waals surface area contributed by atoms with Crippen molar-refractivity contribution in [2.24, 2.45) is 0 Å². The van der Waals surface area contributed by atoms with Gasteiger partial charge >= 0.3 is 0 Å². The number of nitrogens with one attached hydrogen (secondary N) is 1. The molecule has 0 bridgehead atoms. The third kappa shape index (κ3) is 1.05.